The van der Waals surface area contributed by atoms with E-state index in [1.807, 2.05) is 18.3 Å². The molecule has 164 valence electrons. The Morgan fingerprint density at radius 2 is 2.09 bits per heavy atom. The highest BCUT2D eigenvalue weighted by molar-refractivity contribution is 7.19. The first-order valence-electron chi connectivity index (χ1n) is 11.1. The predicted octanol–water partition coefficient (Wildman–Crippen LogP) is 3.19. The molecule has 32 heavy (non-hydrogen) atoms. The highest BCUT2D eigenvalue weighted by Gasteiger charge is 2.32. The second-order valence-corrected chi connectivity index (χ2v) is 9.86. The lowest BCUT2D eigenvalue weighted by molar-refractivity contribution is -0.137. The molecular weight excluding hydrogens is 422 g/mol. The van der Waals surface area contributed by atoms with Crippen molar-refractivity contribution in [2.24, 2.45) is 5.92 Å². The summed E-state index contributed by atoms with van der Waals surface area (Å²) in [6, 6.07) is 6.11. The number of hydrogen-bond donors (Lipinski definition) is 2. The molecule has 0 spiro atoms. The minimum absolute atomic E-state index is 0.0758. The van der Waals surface area contributed by atoms with Crippen LogP contribution in [0.2, 0.25) is 0 Å². The van der Waals surface area contributed by atoms with E-state index in [9.17, 15) is 4.79 Å². The van der Waals surface area contributed by atoms with Crippen LogP contribution < -0.4 is 5.32 Å². The second kappa shape index (κ2) is 7.83. The number of amides is 1. The van der Waals surface area contributed by atoms with Crippen LogP contribution >= 0.6 is 11.3 Å². The van der Waals surface area contributed by atoms with Crippen LogP contribution in [-0.4, -0.2) is 69.1 Å². The summed E-state index contributed by atoms with van der Waals surface area (Å²) in [6.07, 6.45) is 6.03. The van der Waals surface area contributed by atoms with Crippen molar-refractivity contribution in [3.8, 4) is 0 Å². The molecule has 3 aromatic heterocycles. The number of piperazine rings is 1. The summed E-state index contributed by atoms with van der Waals surface area (Å²) in [4.78, 5) is 28.9. The van der Waals surface area contributed by atoms with Crippen molar-refractivity contribution in [3.63, 3.8) is 0 Å². The van der Waals surface area contributed by atoms with Crippen LogP contribution in [0.5, 0.6) is 0 Å². The summed E-state index contributed by atoms with van der Waals surface area (Å²) in [5.41, 5.74) is 3.28. The molecule has 4 aromatic rings. The van der Waals surface area contributed by atoms with Crippen LogP contribution in [0.4, 0.5) is 11.5 Å². The van der Waals surface area contributed by atoms with Crippen LogP contribution in [0.15, 0.2) is 30.7 Å². The van der Waals surface area contributed by atoms with E-state index < -0.39 is 0 Å². The van der Waals surface area contributed by atoms with E-state index in [1.54, 1.807) is 17.7 Å². The molecule has 0 unspecified atom stereocenters. The molecule has 2 aliphatic rings. The lowest BCUT2D eigenvalue weighted by atomic mass is 9.86. The van der Waals surface area contributed by atoms with Crippen molar-refractivity contribution >= 4 is 49.9 Å². The number of nitrogens with zero attached hydrogens (tertiary/aromatic N) is 5. The summed E-state index contributed by atoms with van der Waals surface area (Å²) in [7, 11) is 2.12. The molecule has 1 atom stereocenters. The SMILES string of the molecule is CN1CCN(C(=O)[C@H]2CCc3c(sc4ncnc(Nc5ccc6[nH]ncc6c5)c34)C2)CC1. The molecule has 6 rings (SSSR count). The lowest BCUT2D eigenvalue weighted by Gasteiger charge is -2.35. The highest BCUT2D eigenvalue weighted by Crippen LogP contribution is 2.41. The Balaban J connectivity index is 1.27. The molecule has 4 heterocycles. The van der Waals surface area contributed by atoms with E-state index in [0.29, 0.717) is 5.91 Å². The summed E-state index contributed by atoms with van der Waals surface area (Å²) in [5, 5.41) is 12.7. The van der Waals surface area contributed by atoms with Gasteiger partial charge in [0.2, 0.25) is 5.91 Å². The van der Waals surface area contributed by atoms with Gasteiger partial charge < -0.3 is 15.1 Å². The van der Waals surface area contributed by atoms with Crippen molar-refractivity contribution in [2.75, 3.05) is 38.5 Å². The molecule has 1 amide bonds. The van der Waals surface area contributed by atoms with Crippen LogP contribution in [0.25, 0.3) is 21.1 Å². The van der Waals surface area contributed by atoms with E-state index in [-0.39, 0.29) is 5.92 Å². The van der Waals surface area contributed by atoms with Gasteiger partial charge in [0.05, 0.1) is 17.1 Å². The van der Waals surface area contributed by atoms with E-state index in [4.69, 9.17) is 0 Å². The molecule has 0 saturated carbocycles. The quantitative estimate of drug-likeness (QED) is 0.501. The summed E-state index contributed by atoms with van der Waals surface area (Å²) in [6.45, 7) is 3.60. The number of hydrogen-bond acceptors (Lipinski definition) is 7. The third-order valence-electron chi connectivity index (χ3n) is 6.71. The first kappa shape index (κ1) is 19.6. The molecule has 1 aliphatic carbocycles. The molecule has 1 aromatic carbocycles. The fraction of sp³-hybridized carbons (Fsp3) is 0.391. The van der Waals surface area contributed by atoms with Gasteiger partial charge in [0.25, 0.3) is 0 Å². The maximum absolute atomic E-state index is 13.1. The Hall–Kier alpha value is -3.04. The Morgan fingerprint density at radius 3 is 2.97 bits per heavy atom. The molecule has 1 fully saturated rings. The number of rotatable bonds is 3. The number of carbonyl (C=O) groups excluding carboxylic acids is 1. The van der Waals surface area contributed by atoms with Gasteiger partial charge in [-0.25, -0.2) is 9.97 Å². The number of likely N-dealkylation sites (N-methyl/N-ethyl adjacent to an activating group) is 1. The average molecular weight is 448 g/mol. The van der Waals surface area contributed by atoms with Gasteiger partial charge in [-0.05, 0) is 50.1 Å². The zero-order valence-electron chi connectivity index (χ0n) is 18.0. The van der Waals surface area contributed by atoms with Gasteiger partial charge in [-0.1, -0.05) is 0 Å². The van der Waals surface area contributed by atoms with E-state index in [1.165, 1.54) is 10.4 Å². The molecule has 2 N–H and O–H groups in total. The van der Waals surface area contributed by atoms with E-state index in [0.717, 1.165) is 78.1 Å². The summed E-state index contributed by atoms with van der Waals surface area (Å²) < 4.78 is 0. The molecule has 8 nitrogen and oxygen atoms in total. The number of thiophene rings is 1. The number of H-pyrrole nitrogens is 1. The van der Waals surface area contributed by atoms with Crippen LogP contribution in [0.3, 0.4) is 0 Å². The van der Waals surface area contributed by atoms with E-state index >= 15 is 0 Å². The van der Waals surface area contributed by atoms with Gasteiger partial charge in [-0.15, -0.1) is 11.3 Å². The number of aryl methyl sites for hydroxylation is 1. The third-order valence-corrected chi connectivity index (χ3v) is 7.87. The van der Waals surface area contributed by atoms with E-state index in [2.05, 4.69) is 48.4 Å². The fourth-order valence-corrected chi connectivity index (χ4v) is 6.13. The maximum Gasteiger partial charge on any atom is 0.226 e. The van der Waals surface area contributed by atoms with Gasteiger partial charge in [0.15, 0.2) is 0 Å². The topological polar surface area (TPSA) is 90.0 Å². The minimum atomic E-state index is 0.0758. The number of anilines is 2. The number of aromatic amines is 1. The number of benzene rings is 1. The van der Waals surface area contributed by atoms with Crippen LogP contribution in [0, 0.1) is 5.92 Å². The maximum atomic E-state index is 13.1. The number of nitrogens with one attached hydrogen (secondary N) is 2. The Kier molecular flexibility index (Phi) is 4.80. The first-order valence-corrected chi connectivity index (χ1v) is 11.9. The molecule has 0 bridgehead atoms. The number of carbonyl (C=O) groups is 1. The van der Waals surface area contributed by atoms with Crippen molar-refractivity contribution < 1.29 is 4.79 Å². The molecule has 1 aliphatic heterocycles. The highest BCUT2D eigenvalue weighted by atomic mass is 32.1. The lowest BCUT2D eigenvalue weighted by Crippen LogP contribution is -2.49. The molecule has 9 heteroatoms. The van der Waals surface area contributed by atoms with Crippen molar-refractivity contribution in [3.05, 3.63) is 41.2 Å². The Bertz CT molecular complexity index is 1300. The fourth-order valence-electron chi connectivity index (χ4n) is 4.86. The summed E-state index contributed by atoms with van der Waals surface area (Å²) >= 11 is 1.71. The largest absolute Gasteiger partial charge is 0.340 e. The number of fused-ring (bicyclic) bond motifs is 4. The van der Waals surface area contributed by atoms with Gasteiger partial charge in [-0.3, -0.25) is 9.89 Å². The predicted molar refractivity (Wildman–Crippen MR) is 126 cm³/mol. The molecule has 0 radical (unpaired) electrons. The Labute approximate surface area is 189 Å². The standard InChI is InChI=1S/C23H25N7OS/c1-29-6-8-30(9-7-29)23(31)14-2-4-17-19(11-14)32-22-20(17)21(24-13-25-22)27-16-3-5-18-15(10-16)12-26-28-18/h3,5,10,12-14H,2,4,6-9,11H2,1H3,(H,26,28)(H,24,25,27)/t14-/m0/s1. The summed E-state index contributed by atoms with van der Waals surface area (Å²) in [5.74, 6) is 1.23. The van der Waals surface area contributed by atoms with Crippen molar-refractivity contribution in [2.45, 2.75) is 19.3 Å². The minimum Gasteiger partial charge on any atom is -0.340 e. The van der Waals surface area contributed by atoms with Gasteiger partial charge in [0.1, 0.15) is 17.0 Å². The zero-order valence-corrected chi connectivity index (χ0v) is 18.8. The monoisotopic (exact) mass is 447 g/mol. The second-order valence-electron chi connectivity index (χ2n) is 8.77. The van der Waals surface area contributed by atoms with Crippen LogP contribution in [0.1, 0.15) is 16.9 Å². The zero-order chi connectivity index (χ0) is 21.7. The smallest absolute Gasteiger partial charge is 0.226 e. The Morgan fingerprint density at radius 1 is 1.22 bits per heavy atom. The van der Waals surface area contributed by atoms with Crippen molar-refractivity contribution in [1.29, 1.82) is 0 Å². The van der Waals surface area contributed by atoms with Crippen LogP contribution in [-0.2, 0) is 17.6 Å². The van der Waals surface area contributed by atoms with Crippen molar-refractivity contribution in [1.82, 2.24) is 30.0 Å². The molecular formula is C23H25N7OS. The van der Waals surface area contributed by atoms with Gasteiger partial charge in [0, 0.05) is 48.0 Å². The third kappa shape index (κ3) is 3.41. The van der Waals surface area contributed by atoms with Gasteiger partial charge >= 0.3 is 0 Å². The number of aromatic nitrogens is 4. The normalized spacial score (nSPS) is 19.4. The molecule has 1 saturated heterocycles. The first-order chi connectivity index (χ1) is 15.7. The average Bonchev–Trinajstić information content (AvgIpc) is 3.43. The van der Waals surface area contributed by atoms with Gasteiger partial charge in [-0.2, -0.15) is 5.10 Å².